The van der Waals surface area contributed by atoms with Crippen molar-refractivity contribution in [3.8, 4) is 5.75 Å². The molecule has 1 saturated heterocycles. The molecule has 2 aliphatic heterocycles. The van der Waals surface area contributed by atoms with E-state index in [0.717, 1.165) is 17.7 Å². The Morgan fingerprint density at radius 3 is 2.64 bits per heavy atom. The van der Waals surface area contributed by atoms with Crippen LogP contribution in [0.1, 0.15) is 29.5 Å². The van der Waals surface area contributed by atoms with Crippen molar-refractivity contribution in [3.05, 3.63) is 58.1 Å². The molecule has 1 atom stereocenters. The van der Waals surface area contributed by atoms with E-state index < -0.39 is 12.0 Å². The molecule has 0 aliphatic carbocycles. The van der Waals surface area contributed by atoms with E-state index in [9.17, 15) is 19.5 Å². The van der Waals surface area contributed by atoms with Gasteiger partial charge in [0.15, 0.2) is 0 Å². The lowest BCUT2D eigenvalue weighted by Crippen LogP contribution is -2.54. The summed E-state index contributed by atoms with van der Waals surface area (Å²) < 4.78 is 4.90. The van der Waals surface area contributed by atoms with Crippen molar-refractivity contribution in [2.75, 3.05) is 32.1 Å². The second-order valence-corrected chi connectivity index (χ2v) is 9.63. The molecule has 1 unspecified atom stereocenters. The fourth-order valence-corrected chi connectivity index (χ4v) is 5.14. The molecule has 192 valence electrons. The lowest BCUT2D eigenvalue weighted by atomic mass is 10.0. The number of esters is 1. The fraction of sp³-hybridized carbons (Fsp3) is 0.423. The molecular formula is C26H31ClN4O5. The lowest BCUT2D eigenvalue weighted by Gasteiger charge is -2.38. The van der Waals surface area contributed by atoms with Crippen molar-refractivity contribution in [2.24, 2.45) is 0 Å². The van der Waals surface area contributed by atoms with Gasteiger partial charge in [-0.25, -0.2) is 14.4 Å². The third kappa shape index (κ3) is 5.67. The van der Waals surface area contributed by atoms with E-state index in [4.69, 9.17) is 16.3 Å². The highest BCUT2D eigenvalue weighted by Crippen LogP contribution is 2.29. The zero-order valence-electron chi connectivity index (χ0n) is 20.4. The van der Waals surface area contributed by atoms with Crippen molar-refractivity contribution in [2.45, 2.75) is 44.7 Å². The van der Waals surface area contributed by atoms with Crippen LogP contribution in [-0.2, 0) is 22.4 Å². The lowest BCUT2D eigenvalue weighted by molar-refractivity contribution is -0.142. The maximum atomic E-state index is 13.0. The van der Waals surface area contributed by atoms with Gasteiger partial charge < -0.3 is 30.3 Å². The topological polar surface area (TPSA) is 111 Å². The van der Waals surface area contributed by atoms with E-state index in [-0.39, 0.29) is 35.3 Å². The minimum absolute atomic E-state index is 0.0103. The second-order valence-electron chi connectivity index (χ2n) is 9.22. The van der Waals surface area contributed by atoms with Gasteiger partial charge in [-0.2, -0.15) is 0 Å². The molecule has 2 heterocycles. The van der Waals surface area contributed by atoms with Gasteiger partial charge in [-0.15, -0.1) is 0 Å². The first-order valence-corrected chi connectivity index (χ1v) is 12.4. The molecule has 9 nitrogen and oxygen atoms in total. The van der Waals surface area contributed by atoms with E-state index in [1.807, 2.05) is 29.2 Å². The molecule has 2 aromatic carbocycles. The maximum absolute atomic E-state index is 13.0. The monoisotopic (exact) mass is 514 g/mol. The predicted molar refractivity (Wildman–Crippen MR) is 136 cm³/mol. The van der Waals surface area contributed by atoms with Crippen LogP contribution in [0.15, 0.2) is 36.4 Å². The fourth-order valence-electron chi connectivity index (χ4n) is 4.86. The number of para-hydroxylation sites is 1. The van der Waals surface area contributed by atoms with Gasteiger partial charge in [-0.1, -0.05) is 35.9 Å². The Hall–Kier alpha value is -3.46. The van der Waals surface area contributed by atoms with E-state index >= 15 is 0 Å². The molecule has 0 radical (unpaired) electrons. The van der Waals surface area contributed by atoms with Crippen LogP contribution < -0.4 is 10.6 Å². The first-order valence-electron chi connectivity index (χ1n) is 12.0. The summed E-state index contributed by atoms with van der Waals surface area (Å²) in [5.41, 5.74) is 3.23. The summed E-state index contributed by atoms with van der Waals surface area (Å²) >= 11 is 6.07. The number of rotatable bonds is 5. The highest BCUT2D eigenvalue weighted by atomic mass is 35.5. The maximum Gasteiger partial charge on any atom is 0.328 e. The number of nitrogens with one attached hydrogen (secondary N) is 2. The molecule has 1 fully saturated rings. The number of aromatic hydroxyl groups is 1. The molecule has 10 heteroatoms. The number of halogens is 1. The number of aryl methyl sites for hydroxylation is 1. The zero-order valence-corrected chi connectivity index (χ0v) is 21.2. The Labute approximate surface area is 215 Å². The first-order chi connectivity index (χ1) is 17.3. The van der Waals surface area contributed by atoms with Crippen LogP contribution in [0.4, 0.5) is 15.3 Å². The molecule has 0 bridgehead atoms. The number of nitrogens with zero attached hydrogens (tertiary/aromatic N) is 2. The van der Waals surface area contributed by atoms with Crippen LogP contribution in [0.2, 0.25) is 5.02 Å². The molecule has 0 aromatic heterocycles. The summed E-state index contributed by atoms with van der Waals surface area (Å²) in [7, 11) is 1.27. The summed E-state index contributed by atoms with van der Waals surface area (Å²) in [5, 5.41) is 15.9. The quantitative estimate of drug-likeness (QED) is 0.527. The number of benzene rings is 2. The van der Waals surface area contributed by atoms with E-state index in [2.05, 4.69) is 10.6 Å². The number of phenols is 1. The Balaban J connectivity index is 1.35. The van der Waals surface area contributed by atoms with Gasteiger partial charge in [0, 0.05) is 37.8 Å². The highest BCUT2D eigenvalue weighted by Gasteiger charge is 2.32. The number of hydrogen-bond acceptors (Lipinski definition) is 5. The highest BCUT2D eigenvalue weighted by molar-refractivity contribution is 6.32. The van der Waals surface area contributed by atoms with E-state index in [0.29, 0.717) is 43.6 Å². The zero-order chi connectivity index (χ0) is 25.8. The molecule has 2 aromatic rings. The van der Waals surface area contributed by atoms with Gasteiger partial charge >= 0.3 is 18.0 Å². The Morgan fingerprint density at radius 2 is 1.94 bits per heavy atom. The Bertz CT molecular complexity index is 1130. The largest absolute Gasteiger partial charge is 0.506 e. The number of likely N-dealkylation sites (tertiary alicyclic amines) is 1. The standard InChI is InChI=1S/C26H31ClN4O5/c1-16-13-17(14-20(27)23(16)32)15-22(24(33)36-2)29-25(34)30-10-8-19(9-11-30)31-12-7-18-5-3-4-6-21(18)28-26(31)35/h3-6,13-14,19,22,32H,7-12,15H2,1-2H3,(H,28,35)(H,29,34). The van der Waals surface area contributed by atoms with Crippen LogP contribution in [0, 0.1) is 6.92 Å². The first kappa shape index (κ1) is 25.6. The summed E-state index contributed by atoms with van der Waals surface area (Å²) in [6, 6.07) is 9.75. The number of carbonyl (C=O) groups excluding carboxylic acids is 3. The molecule has 3 N–H and O–H groups in total. The number of hydrogen-bond donors (Lipinski definition) is 3. The van der Waals surface area contributed by atoms with Crippen molar-refractivity contribution in [1.29, 1.82) is 0 Å². The minimum Gasteiger partial charge on any atom is -0.506 e. The van der Waals surface area contributed by atoms with Gasteiger partial charge in [0.05, 0.1) is 12.1 Å². The third-order valence-electron chi connectivity index (χ3n) is 6.87. The second kappa shape index (κ2) is 11.1. The smallest absolute Gasteiger partial charge is 0.328 e. The molecule has 4 amide bonds. The van der Waals surface area contributed by atoms with Gasteiger partial charge in [-0.05, 0) is 55.0 Å². The van der Waals surface area contributed by atoms with Crippen molar-refractivity contribution >= 4 is 35.3 Å². The van der Waals surface area contributed by atoms with E-state index in [1.54, 1.807) is 24.0 Å². The van der Waals surface area contributed by atoms with Crippen LogP contribution >= 0.6 is 11.6 Å². The molecule has 36 heavy (non-hydrogen) atoms. The number of methoxy groups -OCH3 is 1. The van der Waals surface area contributed by atoms with Crippen LogP contribution in [0.5, 0.6) is 5.75 Å². The predicted octanol–water partition coefficient (Wildman–Crippen LogP) is 3.70. The summed E-state index contributed by atoms with van der Waals surface area (Å²) in [5.74, 6) is -0.579. The van der Waals surface area contributed by atoms with Gasteiger partial charge in [0.25, 0.3) is 0 Å². The van der Waals surface area contributed by atoms with Crippen molar-refractivity contribution in [3.63, 3.8) is 0 Å². The van der Waals surface area contributed by atoms with Crippen LogP contribution in [0.3, 0.4) is 0 Å². The molecule has 4 rings (SSSR count). The minimum atomic E-state index is -0.907. The number of carbonyl (C=O) groups is 3. The van der Waals surface area contributed by atoms with Gasteiger partial charge in [0.2, 0.25) is 0 Å². The summed E-state index contributed by atoms with van der Waals surface area (Å²) in [6.45, 7) is 3.26. The average molecular weight is 515 g/mol. The average Bonchev–Trinajstić information content (AvgIpc) is 3.04. The van der Waals surface area contributed by atoms with Crippen LogP contribution in [-0.4, -0.2) is 71.8 Å². The third-order valence-corrected chi connectivity index (χ3v) is 7.16. The Morgan fingerprint density at radius 1 is 1.22 bits per heavy atom. The summed E-state index contributed by atoms with van der Waals surface area (Å²) in [6.07, 6.45) is 2.24. The number of phenolic OH excluding ortho intramolecular Hbond substituents is 1. The van der Waals surface area contributed by atoms with E-state index in [1.165, 1.54) is 7.11 Å². The van der Waals surface area contributed by atoms with Crippen molar-refractivity contribution < 1.29 is 24.2 Å². The van der Waals surface area contributed by atoms with Crippen molar-refractivity contribution in [1.82, 2.24) is 15.1 Å². The molecule has 0 spiro atoms. The van der Waals surface area contributed by atoms with Gasteiger partial charge in [-0.3, -0.25) is 0 Å². The number of fused-ring (bicyclic) bond motifs is 1. The number of piperidine rings is 1. The Kier molecular flexibility index (Phi) is 7.88. The number of urea groups is 2. The van der Waals surface area contributed by atoms with Crippen LogP contribution in [0.25, 0.3) is 0 Å². The number of anilines is 1. The van der Waals surface area contributed by atoms with Gasteiger partial charge in [0.1, 0.15) is 11.8 Å². The number of ether oxygens (including phenoxy) is 1. The summed E-state index contributed by atoms with van der Waals surface area (Å²) in [4.78, 5) is 41.8. The normalized spacial score (nSPS) is 17.0. The molecular weight excluding hydrogens is 484 g/mol. The number of amides is 4. The SMILES string of the molecule is COC(=O)C(Cc1cc(C)c(O)c(Cl)c1)NC(=O)N1CCC(N2CCc3ccccc3NC2=O)CC1. The molecule has 2 aliphatic rings. The molecule has 0 saturated carbocycles.